The SMILES string of the molecule is CCc1cc(F)c(NC2CCCCC2N)nc1Nc1cnc2c(ccn2CCN2CCCC2)c1. The van der Waals surface area contributed by atoms with Crippen molar-refractivity contribution in [2.45, 2.75) is 70.5 Å². The fraction of sp³-hybridized carbons (Fsp3) is 0.538. The average Bonchev–Trinajstić information content (AvgIpc) is 3.50. The van der Waals surface area contributed by atoms with Crippen LogP contribution in [0, 0.1) is 5.82 Å². The van der Waals surface area contributed by atoms with Crippen molar-refractivity contribution >= 4 is 28.4 Å². The van der Waals surface area contributed by atoms with Gasteiger partial charge in [0.25, 0.3) is 0 Å². The molecule has 5 rings (SSSR count). The van der Waals surface area contributed by atoms with Gasteiger partial charge >= 0.3 is 0 Å². The smallest absolute Gasteiger partial charge is 0.165 e. The lowest BCUT2D eigenvalue weighted by atomic mass is 9.91. The molecule has 2 unspecified atom stereocenters. The number of nitrogens with two attached hydrogens (primary N) is 1. The Kier molecular flexibility index (Phi) is 6.97. The first-order chi connectivity index (χ1) is 16.6. The molecule has 2 atom stereocenters. The third-order valence-corrected chi connectivity index (χ3v) is 7.30. The Morgan fingerprint density at radius 1 is 1.09 bits per heavy atom. The van der Waals surface area contributed by atoms with Crippen LogP contribution in [0.3, 0.4) is 0 Å². The normalized spacial score (nSPS) is 21.3. The van der Waals surface area contributed by atoms with E-state index in [9.17, 15) is 4.39 Å². The summed E-state index contributed by atoms with van der Waals surface area (Å²) in [4.78, 5) is 11.9. The van der Waals surface area contributed by atoms with Crippen LogP contribution in [0.5, 0.6) is 0 Å². The predicted octanol–water partition coefficient (Wildman–Crippen LogP) is 4.65. The van der Waals surface area contributed by atoms with Gasteiger partial charge in [0.15, 0.2) is 11.6 Å². The van der Waals surface area contributed by atoms with Gasteiger partial charge in [-0.25, -0.2) is 14.4 Å². The third kappa shape index (κ3) is 5.03. The summed E-state index contributed by atoms with van der Waals surface area (Å²) in [5, 5.41) is 7.74. The molecule has 4 N–H and O–H groups in total. The van der Waals surface area contributed by atoms with Gasteiger partial charge in [-0.1, -0.05) is 19.8 Å². The van der Waals surface area contributed by atoms with E-state index in [1.54, 1.807) is 6.07 Å². The van der Waals surface area contributed by atoms with Gasteiger partial charge in [-0.3, -0.25) is 0 Å². The van der Waals surface area contributed by atoms with E-state index in [0.717, 1.165) is 61.1 Å². The molecule has 0 bridgehead atoms. The molecule has 1 aliphatic heterocycles. The second-order valence-electron chi connectivity index (χ2n) is 9.70. The maximum atomic E-state index is 14.8. The molecule has 2 fully saturated rings. The molecule has 4 heterocycles. The number of aromatic nitrogens is 3. The zero-order valence-corrected chi connectivity index (χ0v) is 20.1. The Morgan fingerprint density at radius 2 is 1.91 bits per heavy atom. The van der Waals surface area contributed by atoms with E-state index < -0.39 is 0 Å². The number of aryl methyl sites for hydroxylation is 1. The van der Waals surface area contributed by atoms with Crippen LogP contribution in [0.25, 0.3) is 11.0 Å². The highest BCUT2D eigenvalue weighted by atomic mass is 19.1. The molecule has 0 spiro atoms. The number of anilines is 3. The lowest BCUT2D eigenvalue weighted by Gasteiger charge is -2.30. The van der Waals surface area contributed by atoms with Crippen molar-refractivity contribution in [1.29, 1.82) is 0 Å². The van der Waals surface area contributed by atoms with Gasteiger partial charge in [-0.15, -0.1) is 0 Å². The molecule has 2 aliphatic rings. The van der Waals surface area contributed by atoms with Crippen LogP contribution in [-0.4, -0.2) is 51.2 Å². The number of halogens is 1. The minimum absolute atomic E-state index is 0.0262. The van der Waals surface area contributed by atoms with Gasteiger partial charge in [0.1, 0.15) is 11.5 Å². The van der Waals surface area contributed by atoms with Crippen LogP contribution in [0.15, 0.2) is 30.6 Å². The number of rotatable bonds is 8. The van der Waals surface area contributed by atoms with Crippen molar-refractivity contribution < 1.29 is 4.39 Å². The maximum Gasteiger partial charge on any atom is 0.165 e. The summed E-state index contributed by atoms with van der Waals surface area (Å²) < 4.78 is 17.0. The number of nitrogens with one attached hydrogen (secondary N) is 2. The van der Waals surface area contributed by atoms with Crippen LogP contribution >= 0.6 is 0 Å². The molecular formula is C26H36FN7. The first-order valence-electron chi connectivity index (χ1n) is 12.8. The van der Waals surface area contributed by atoms with Crippen LogP contribution < -0.4 is 16.4 Å². The van der Waals surface area contributed by atoms with Crippen molar-refractivity contribution in [3.63, 3.8) is 0 Å². The number of likely N-dealkylation sites (tertiary alicyclic amines) is 1. The average molecular weight is 466 g/mol. The molecule has 3 aromatic rings. The van der Waals surface area contributed by atoms with Crippen LogP contribution in [-0.2, 0) is 13.0 Å². The number of fused-ring (bicyclic) bond motifs is 1. The quantitative estimate of drug-likeness (QED) is 0.449. The van der Waals surface area contributed by atoms with Crippen LogP contribution in [0.4, 0.5) is 21.7 Å². The summed E-state index contributed by atoms with van der Waals surface area (Å²) in [6.45, 7) is 6.42. The summed E-state index contributed by atoms with van der Waals surface area (Å²) in [5.41, 5.74) is 8.93. The summed E-state index contributed by atoms with van der Waals surface area (Å²) in [5.74, 6) is 0.596. The summed E-state index contributed by atoms with van der Waals surface area (Å²) in [6.07, 6.45) is 11.4. The minimum Gasteiger partial charge on any atom is -0.363 e. The number of hydrogen-bond donors (Lipinski definition) is 3. The highest BCUT2D eigenvalue weighted by Gasteiger charge is 2.23. The Balaban J connectivity index is 1.33. The second-order valence-corrected chi connectivity index (χ2v) is 9.70. The number of nitrogens with zero attached hydrogens (tertiary/aromatic N) is 4. The first-order valence-corrected chi connectivity index (χ1v) is 12.8. The van der Waals surface area contributed by atoms with Gasteiger partial charge in [-0.05, 0) is 69.0 Å². The largest absolute Gasteiger partial charge is 0.363 e. The lowest BCUT2D eigenvalue weighted by molar-refractivity contribution is 0.324. The Labute approximate surface area is 200 Å². The van der Waals surface area contributed by atoms with Crippen molar-refractivity contribution in [2.75, 3.05) is 30.3 Å². The summed E-state index contributed by atoms with van der Waals surface area (Å²) >= 11 is 0. The molecule has 0 aromatic carbocycles. The van der Waals surface area contributed by atoms with Crippen molar-refractivity contribution in [2.24, 2.45) is 5.73 Å². The molecule has 1 saturated heterocycles. The Morgan fingerprint density at radius 3 is 2.71 bits per heavy atom. The zero-order chi connectivity index (χ0) is 23.5. The predicted molar refractivity (Wildman–Crippen MR) is 136 cm³/mol. The second kappa shape index (κ2) is 10.3. The number of hydrogen-bond acceptors (Lipinski definition) is 6. The van der Waals surface area contributed by atoms with E-state index in [1.165, 1.54) is 25.9 Å². The topological polar surface area (TPSA) is 84.0 Å². The van der Waals surface area contributed by atoms with E-state index in [4.69, 9.17) is 10.7 Å². The van der Waals surface area contributed by atoms with Crippen LogP contribution in [0.1, 0.15) is 51.0 Å². The highest BCUT2D eigenvalue weighted by molar-refractivity contribution is 5.81. The standard InChI is InChI=1S/C26H36FN7/c1-2-18-16-21(27)25(31-23-8-4-3-7-22(23)28)32-24(18)30-20-15-19-9-12-34(26(19)29-17-20)14-13-33-10-5-6-11-33/h9,12,15-17,22-23H,2-8,10-11,13-14,28H2,1H3,(H2,30,31,32). The molecule has 3 aromatic heterocycles. The first kappa shape index (κ1) is 23.1. The molecule has 0 amide bonds. The van der Waals surface area contributed by atoms with Gasteiger partial charge in [-0.2, -0.15) is 0 Å². The molecule has 182 valence electrons. The molecule has 1 aliphatic carbocycles. The minimum atomic E-state index is -0.330. The molecule has 8 heteroatoms. The van der Waals surface area contributed by atoms with Crippen LogP contribution in [0.2, 0.25) is 0 Å². The Hall–Kier alpha value is -2.71. The monoisotopic (exact) mass is 465 g/mol. The van der Waals surface area contributed by atoms with Gasteiger partial charge in [0, 0.05) is 36.8 Å². The fourth-order valence-electron chi connectivity index (χ4n) is 5.24. The zero-order valence-electron chi connectivity index (χ0n) is 20.1. The van der Waals surface area contributed by atoms with E-state index in [2.05, 4.69) is 43.4 Å². The summed E-state index contributed by atoms with van der Waals surface area (Å²) in [7, 11) is 0. The molecular weight excluding hydrogens is 429 g/mol. The highest BCUT2D eigenvalue weighted by Crippen LogP contribution is 2.28. The van der Waals surface area contributed by atoms with Crippen molar-refractivity contribution in [3.8, 4) is 0 Å². The van der Waals surface area contributed by atoms with Gasteiger partial charge in [0.05, 0.1) is 11.9 Å². The van der Waals surface area contributed by atoms with E-state index in [0.29, 0.717) is 12.2 Å². The summed E-state index contributed by atoms with van der Waals surface area (Å²) in [6, 6.07) is 5.84. The van der Waals surface area contributed by atoms with Crippen molar-refractivity contribution in [1.82, 2.24) is 19.4 Å². The van der Waals surface area contributed by atoms with E-state index in [-0.39, 0.29) is 23.7 Å². The molecule has 0 radical (unpaired) electrons. The maximum absolute atomic E-state index is 14.8. The number of pyridine rings is 2. The molecule has 7 nitrogen and oxygen atoms in total. The fourth-order valence-corrected chi connectivity index (χ4v) is 5.24. The van der Waals surface area contributed by atoms with Gasteiger partial charge in [0.2, 0.25) is 0 Å². The van der Waals surface area contributed by atoms with Gasteiger partial charge < -0.3 is 25.8 Å². The lowest BCUT2D eigenvalue weighted by Crippen LogP contribution is -2.43. The van der Waals surface area contributed by atoms with Crippen molar-refractivity contribution in [3.05, 3.63) is 42.0 Å². The van der Waals surface area contributed by atoms with E-state index >= 15 is 0 Å². The Bertz CT molecular complexity index is 1120. The van der Waals surface area contributed by atoms with E-state index in [1.807, 2.05) is 13.1 Å². The molecule has 34 heavy (non-hydrogen) atoms. The molecule has 1 saturated carbocycles. The third-order valence-electron chi connectivity index (χ3n) is 7.30.